The molecule has 2 aromatic heterocycles. The molecule has 1 aromatic carbocycles. The van der Waals surface area contributed by atoms with Gasteiger partial charge in [0.25, 0.3) is 0 Å². The number of fused-ring (bicyclic) bond motifs is 2. The fraction of sp³-hybridized carbons (Fsp3) is 0.348. The minimum atomic E-state index is -0.360. The first kappa shape index (κ1) is 19.6. The molecule has 0 spiro atoms. The van der Waals surface area contributed by atoms with Crippen molar-refractivity contribution in [2.75, 3.05) is 6.54 Å². The Morgan fingerprint density at radius 3 is 2.90 bits per heavy atom. The van der Waals surface area contributed by atoms with Crippen molar-refractivity contribution in [1.82, 2.24) is 29.7 Å². The number of imidazole rings is 2. The van der Waals surface area contributed by atoms with Crippen LogP contribution in [0.25, 0.3) is 16.9 Å². The highest BCUT2D eigenvalue weighted by Gasteiger charge is 2.21. The molecule has 5 rings (SSSR count). The molecule has 2 unspecified atom stereocenters. The highest BCUT2D eigenvalue weighted by atomic mass is 16.3. The molecule has 0 saturated heterocycles. The van der Waals surface area contributed by atoms with E-state index in [1.54, 1.807) is 0 Å². The molecule has 0 amide bonds. The molecule has 0 saturated carbocycles. The molecule has 0 bridgehead atoms. The van der Waals surface area contributed by atoms with E-state index in [4.69, 9.17) is 4.99 Å². The Hall–Kier alpha value is -3.39. The van der Waals surface area contributed by atoms with Crippen LogP contribution >= 0.6 is 0 Å². The number of allylic oxidation sites excluding steroid dienone is 1. The molecular weight excluding hydrogens is 390 g/mol. The van der Waals surface area contributed by atoms with E-state index in [2.05, 4.69) is 51.2 Å². The average Bonchev–Trinajstić information content (AvgIpc) is 3.39. The number of rotatable bonds is 6. The number of aromatic nitrogens is 4. The quantitative estimate of drug-likeness (QED) is 0.565. The van der Waals surface area contributed by atoms with E-state index in [-0.39, 0.29) is 18.4 Å². The summed E-state index contributed by atoms with van der Waals surface area (Å²) in [6, 6.07) is 8.31. The fourth-order valence-corrected chi connectivity index (χ4v) is 3.99. The van der Waals surface area contributed by atoms with E-state index in [0.29, 0.717) is 6.42 Å². The Morgan fingerprint density at radius 2 is 2.10 bits per heavy atom. The van der Waals surface area contributed by atoms with E-state index >= 15 is 0 Å². The maximum atomic E-state index is 9.62. The van der Waals surface area contributed by atoms with Crippen molar-refractivity contribution in [1.29, 1.82) is 0 Å². The van der Waals surface area contributed by atoms with Crippen molar-refractivity contribution in [3.63, 3.8) is 0 Å². The second-order valence-electron chi connectivity index (χ2n) is 8.20. The van der Waals surface area contributed by atoms with E-state index in [9.17, 15) is 5.11 Å². The largest absolute Gasteiger partial charge is 0.389 e. The third-order valence-corrected chi connectivity index (χ3v) is 5.69. The lowest BCUT2D eigenvalue weighted by molar-refractivity contribution is 0.225. The summed E-state index contributed by atoms with van der Waals surface area (Å²) >= 11 is 0. The molecule has 31 heavy (non-hydrogen) atoms. The zero-order valence-corrected chi connectivity index (χ0v) is 17.7. The number of nitrogens with one attached hydrogen (secondary N) is 2. The van der Waals surface area contributed by atoms with Gasteiger partial charge in [0, 0.05) is 12.6 Å². The molecule has 8 heteroatoms. The predicted octanol–water partition coefficient (Wildman–Crippen LogP) is 1.49. The van der Waals surface area contributed by atoms with Crippen molar-refractivity contribution in [2.24, 2.45) is 4.99 Å². The van der Waals surface area contributed by atoms with Crippen LogP contribution in [0.5, 0.6) is 0 Å². The summed E-state index contributed by atoms with van der Waals surface area (Å²) < 4.78 is 4.14. The van der Waals surface area contributed by atoms with Gasteiger partial charge in [-0.15, -0.1) is 0 Å². The third-order valence-electron chi connectivity index (χ3n) is 5.69. The molecule has 160 valence electrons. The number of nitrogens with zero attached hydrogens (tertiary/aromatic N) is 5. The van der Waals surface area contributed by atoms with Crippen LogP contribution in [0.2, 0.25) is 0 Å². The van der Waals surface area contributed by atoms with Gasteiger partial charge in [-0.1, -0.05) is 35.9 Å². The van der Waals surface area contributed by atoms with Crippen LogP contribution in [0.15, 0.2) is 65.7 Å². The summed E-state index contributed by atoms with van der Waals surface area (Å²) in [7, 11) is 0. The number of aliphatic hydroxyl groups is 1. The lowest BCUT2D eigenvalue weighted by atomic mass is 10.0. The first-order chi connectivity index (χ1) is 15.1. The van der Waals surface area contributed by atoms with Gasteiger partial charge in [-0.05, 0) is 38.8 Å². The summed E-state index contributed by atoms with van der Waals surface area (Å²) in [5, 5.41) is 17.5. The Kier molecular flexibility index (Phi) is 5.07. The molecule has 3 N–H and O–H groups in total. The molecule has 2 atom stereocenters. The van der Waals surface area contributed by atoms with Gasteiger partial charge in [0.15, 0.2) is 5.49 Å². The molecular formula is C23H27N7O. The smallest absolute Gasteiger partial charge is 0.205 e. The van der Waals surface area contributed by atoms with Crippen LogP contribution < -0.4 is 21.5 Å². The van der Waals surface area contributed by atoms with Crippen molar-refractivity contribution < 1.29 is 5.11 Å². The molecule has 2 aliphatic rings. The summed E-state index contributed by atoms with van der Waals surface area (Å²) in [5.74, 6) is 0.868. The van der Waals surface area contributed by atoms with Gasteiger partial charge in [0.1, 0.15) is 11.2 Å². The van der Waals surface area contributed by atoms with E-state index in [0.717, 1.165) is 40.7 Å². The molecule has 8 nitrogen and oxygen atoms in total. The molecule has 0 fully saturated rings. The van der Waals surface area contributed by atoms with Gasteiger partial charge in [-0.25, -0.2) is 15.0 Å². The van der Waals surface area contributed by atoms with Gasteiger partial charge >= 0.3 is 0 Å². The van der Waals surface area contributed by atoms with Gasteiger partial charge in [-0.3, -0.25) is 4.57 Å². The molecule has 3 aromatic rings. The standard InChI is InChI=1S/C23H27N7O/c1-15(2)29-14-26-20-21(24-12-11-16-7-9-17(31)10-8-16)27-23(28-22(20)29)30-13-25-18-5-3-4-6-19(18)30/h3-9,13-15,17,23-24,27,31H,10-12H2,1-2H3. The van der Waals surface area contributed by atoms with E-state index in [1.165, 1.54) is 5.57 Å². The van der Waals surface area contributed by atoms with Gasteiger partial charge < -0.3 is 20.3 Å². The first-order valence-corrected chi connectivity index (χ1v) is 10.7. The summed E-state index contributed by atoms with van der Waals surface area (Å²) in [6.07, 6.45) is 10.5. The first-order valence-electron chi connectivity index (χ1n) is 10.7. The van der Waals surface area contributed by atoms with Crippen LogP contribution in [-0.4, -0.2) is 36.9 Å². The number of hydrogen-bond donors (Lipinski definition) is 3. The normalized spacial score (nSPS) is 20.4. The summed E-state index contributed by atoms with van der Waals surface area (Å²) in [5.41, 5.74) is 4.05. The number of benzene rings is 1. The SMILES string of the molecule is CC(C)n1cnc2c1=NC(n1cnc3ccccc31)NC=2NCCC1=CCC(O)C=C1. The second-order valence-corrected chi connectivity index (χ2v) is 8.20. The van der Waals surface area contributed by atoms with Crippen molar-refractivity contribution in [3.8, 4) is 0 Å². The van der Waals surface area contributed by atoms with E-state index in [1.807, 2.05) is 47.6 Å². The number of para-hydroxylation sites is 2. The monoisotopic (exact) mass is 417 g/mol. The van der Waals surface area contributed by atoms with Crippen LogP contribution in [0.3, 0.4) is 0 Å². The topological polar surface area (TPSA) is 92.3 Å². The highest BCUT2D eigenvalue weighted by Crippen LogP contribution is 2.18. The van der Waals surface area contributed by atoms with Crippen molar-refractivity contribution in [2.45, 2.75) is 45.1 Å². The molecule has 0 radical (unpaired) electrons. The highest BCUT2D eigenvalue weighted by molar-refractivity contribution is 5.75. The van der Waals surface area contributed by atoms with Crippen LogP contribution in [0, 0.1) is 0 Å². The minimum Gasteiger partial charge on any atom is -0.389 e. The molecule has 1 aliphatic heterocycles. The minimum absolute atomic E-state index is 0.253. The Morgan fingerprint density at radius 1 is 1.23 bits per heavy atom. The second kappa shape index (κ2) is 8.03. The van der Waals surface area contributed by atoms with Gasteiger partial charge in [0.05, 0.1) is 29.8 Å². The molecule has 1 aliphatic carbocycles. The molecule has 3 heterocycles. The van der Waals surface area contributed by atoms with Gasteiger partial charge in [0.2, 0.25) is 6.29 Å². The third kappa shape index (κ3) is 3.74. The van der Waals surface area contributed by atoms with E-state index < -0.39 is 0 Å². The fourth-order valence-electron chi connectivity index (χ4n) is 3.99. The maximum absolute atomic E-state index is 9.62. The Balaban J connectivity index is 1.46. The zero-order chi connectivity index (χ0) is 21.4. The Bertz CT molecular complexity index is 1280. The Labute approximate surface area is 180 Å². The predicted molar refractivity (Wildman–Crippen MR) is 119 cm³/mol. The number of aliphatic hydroxyl groups excluding tert-OH is 1. The van der Waals surface area contributed by atoms with Crippen LogP contribution in [-0.2, 0) is 0 Å². The lowest BCUT2D eigenvalue weighted by Gasteiger charge is -2.24. The van der Waals surface area contributed by atoms with Crippen molar-refractivity contribution in [3.05, 3.63) is 71.6 Å². The summed E-state index contributed by atoms with van der Waals surface area (Å²) in [6.45, 7) is 5.01. The van der Waals surface area contributed by atoms with Crippen LogP contribution in [0.1, 0.15) is 39.0 Å². The maximum Gasteiger partial charge on any atom is 0.205 e. The van der Waals surface area contributed by atoms with Crippen LogP contribution in [0.4, 0.5) is 0 Å². The number of hydrogen-bond acceptors (Lipinski definition) is 6. The zero-order valence-electron chi connectivity index (χ0n) is 17.7. The van der Waals surface area contributed by atoms with Crippen molar-refractivity contribution >= 4 is 16.9 Å². The average molecular weight is 418 g/mol. The summed E-state index contributed by atoms with van der Waals surface area (Å²) in [4.78, 5) is 14.1. The van der Waals surface area contributed by atoms with Gasteiger partial charge in [-0.2, -0.15) is 0 Å². The lowest BCUT2D eigenvalue weighted by Crippen LogP contribution is -2.48.